The Balaban J connectivity index is 2.09. The summed E-state index contributed by atoms with van der Waals surface area (Å²) in [4.78, 5) is 13.4. The Morgan fingerprint density at radius 3 is 2.80 bits per heavy atom. The minimum atomic E-state index is -0.272. The van der Waals surface area contributed by atoms with Crippen molar-refractivity contribution in [1.29, 1.82) is 0 Å². The topological polar surface area (TPSA) is 20.3 Å². The van der Waals surface area contributed by atoms with Gasteiger partial charge in [0.15, 0.2) is 5.78 Å². The fourth-order valence-corrected chi connectivity index (χ4v) is 3.09. The molecule has 0 aromatic heterocycles. The monoisotopic (exact) mass is 277 g/mol. The minimum Gasteiger partial charge on any atom is -0.369 e. The number of hydrogen-bond donors (Lipinski definition) is 0. The quantitative estimate of drug-likeness (QED) is 0.759. The highest BCUT2D eigenvalue weighted by atomic mass is 19.1. The van der Waals surface area contributed by atoms with Crippen LogP contribution in [0.15, 0.2) is 18.2 Å². The molecular formula is C17H24FNO. The molecule has 0 aliphatic carbocycles. The molecule has 2 nitrogen and oxygen atoms in total. The molecule has 0 amide bonds. The van der Waals surface area contributed by atoms with E-state index in [1.165, 1.54) is 32.3 Å². The first-order valence-corrected chi connectivity index (χ1v) is 7.67. The number of carbonyl (C=O) groups is 1. The Hall–Kier alpha value is -1.38. The van der Waals surface area contributed by atoms with Crippen LogP contribution in [0.5, 0.6) is 0 Å². The first-order chi connectivity index (χ1) is 9.61. The smallest absolute Gasteiger partial charge is 0.159 e. The highest BCUT2D eigenvalue weighted by Crippen LogP contribution is 2.27. The highest BCUT2D eigenvalue weighted by Gasteiger charge is 2.19. The molecule has 1 aromatic rings. The van der Waals surface area contributed by atoms with Crippen LogP contribution in [-0.4, -0.2) is 18.9 Å². The van der Waals surface area contributed by atoms with Gasteiger partial charge in [-0.1, -0.05) is 19.8 Å². The molecule has 0 bridgehead atoms. The molecule has 3 heteroatoms. The van der Waals surface area contributed by atoms with Gasteiger partial charge in [0, 0.05) is 18.7 Å². The molecule has 1 aliphatic heterocycles. The number of rotatable bonds is 4. The van der Waals surface area contributed by atoms with Crippen molar-refractivity contribution in [2.24, 2.45) is 5.92 Å². The second-order valence-electron chi connectivity index (χ2n) is 5.80. The summed E-state index contributed by atoms with van der Waals surface area (Å²) in [5, 5.41) is 0. The van der Waals surface area contributed by atoms with Crippen LogP contribution in [0.4, 0.5) is 10.1 Å². The zero-order chi connectivity index (χ0) is 14.5. The number of benzene rings is 1. The van der Waals surface area contributed by atoms with Crippen LogP contribution in [0.3, 0.4) is 0 Å². The van der Waals surface area contributed by atoms with Gasteiger partial charge in [0.05, 0.1) is 5.69 Å². The number of ketones is 1. The van der Waals surface area contributed by atoms with Crippen molar-refractivity contribution in [1.82, 2.24) is 0 Å². The summed E-state index contributed by atoms with van der Waals surface area (Å²) in [5.41, 5.74) is 1.09. The summed E-state index contributed by atoms with van der Waals surface area (Å²) in [6.07, 6.45) is 6.02. The van der Waals surface area contributed by atoms with Crippen molar-refractivity contribution in [2.75, 3.05) is 18.0 Å². The predicted octanol–water partition coefficient (Wildman–Crippen LogP) is 4.43. The summed E-state index contributed by atoms with van der Waals surface area (Å²) in [6, 6.07) is 4.85. The molecule has 1 fully saturated rings. The SMILES string of the molecule is CCCC1CCCN(c2ccc(C(C)=O)cc2F)CC1. The van der Waals surface area contributed by atoms with Crippen molar-refractivity contribution in [3.63, 3.8) is 0 Å². The van der Waals surface area contributed by atoms with Crippen molar-refractivity contribution >= 4 is 11.5 Å². The fourth-order valence-electron chi connectivity index (χ4n) is 3.09. The number of carbonyl (C=O) groups excluding carboxylic acids is 1. The first-order valence-electron chi connectivity index (χ1n) is 7.67. The van der Waals surface area contributed by atoms with Crippen molar-refractivity contribution < 1.29 is 9.18 Å². The molecule has 1 unspecified atom stereocenters. The van der Waals surface area contributed by atoms with Crippen LogP contribution in [-0.2, 0) is 0 Å². The van der Waals surface area contributed by atoms with E-state index in [2.05, 4.69) is 11.8 Å². The summed E-state index contributed by atoms with van der Waals surface area (Å²) in [6.45, 7) is 5.52. The molecule has 0 spiro atoms. The van der Waals surface area contributed by atoms with Gasteiger partial charge < -0.3 is 4.90 Å². The second kappa shape index (κ2) is 6.87. The number of Topliss-reactive ketones (excluding diaryl/α,β-unsaturated/α-hetero) is 1. The van der Waals surface area contributed by atoms with E-state index in [-0.39, 0.29) is 11.6 Å². The molecule has 1 aliphatic rings. The molecule has 0 saturated carbocycles. The van der Waals surface area contributed by atoms with Gasteiger partial charge in [-0.05, 0) is 50.3 Å². The zero-order valence-corrected chi connectivity index (χ0v) is 12.5. The summed E-state index contributed by atoms with van der Waals surface area (Å²) >= 11 is 0. The molecule has 20 heavy (non-hydrogen) atoms. The number of nitrogens with zero attached hydrogens (tertiary/aromatic N) is 1. The van der Waals surface area contributed by atoms with Crippen LogP contribution in [0.1, 0.15) is 56.3 Å². The Morgan fingerprint density at radius 2 is 2.15 bits per heavy atom. The lowest BCUT2D eigenvalue weighted by atomic mass is 9.96. The van der Waals surface area contributed by atoms with Crippen molar-refractivity contribution in [3.05, 3.63) is 29.6 Å². The molecule has 0 N–H and O–H groups in total. The number of anilines is 1. The third-order valence-corrected chi connectivity index (χ3v) is 4.24. The van der Waals surface area contributed by atoms with E-state index in [0.717, 1.165) is 31.8 Å². The van der Waals surface area contributed by atoms with Crippen LogP contribution in [0.25, 0.3) is 0 Å². The standard InChI is InChI=1S/C17H24FNO/c1-3-5-14-6-4-10-19(11-9-14)17-8-7-15(13(2)20)12-16(17)18/h7-8,12,14H,3-6,9-11H2,1-2H3. The van der Waals surface area contributed by atoms with Gasteiger partial charge in [0.25, 0.3) is 0 Å². The van der Waals surface area contributed by atoms with Gasteiger partial charge in [0.1, 0.15) is 5.82 Å². The third kappa shape index (κ3) is 3.59. The van der Waals surface area contributed by atoms with Gasteiger partial charge in [-0.15, -0.1) is 0 Å². The van der Waals surface area contributed by atoms with Gasteiger partial charge in [-0.25, -0.2) is 4.39 Å². The highest BCUT2D eigenvalue weighted by molar-refractivity contribution is 5.94. The second-order valence-corrected chi connectivity index (χ2v) is 5.80. The van der Waals surface area contributed by atoms with Crippen LogP contribution in [0, 0.1) is 11.7 Å². The molecule has 110 valence electrons. The molecule has 1 heterocycles. The third-order valence-electron chi connectivity index (χ3n) is 4.24. The number of hydrogen-bond acceptors (Lipinski definition) is 2. The minimum absolute atomic E-state index is 0.0886. The maximum Gasteiger partial charge on any atom is 0.159 e. The van der Waals surface area contributed by atoms with E-state index >= 15 is 0 Å². The molecule has 2 rings (SSSR count). The Bertz CT molecular complexity index is 472. The lowest BCUT2D eigenvalue weighted by Crippen LogP contribution is -2.25. The van der Waals surface area contributed by atoms with E-state index < -0.39 is 0 Å². The van der Waals surface area contributed by atoms with Gasteiger partial charge in [-0.3, -0.25) is 4.79 Å². The summed E-state index contributed by atoms with van der Waals surface area (Å²) < 4.78 is 14.2. The van der Waals surface area contributed by atoms with Crippen LogP contribution >= 0.6 is 0 Å². The normalized spacial score (nSPS) is 19.8. The van der Waals surface area contributed by atoms with E-state index in [1.807, 2.05) is 0 Å². The maximum absolute atomic E-state index is 14.2. The number of halogens is 1. The van der Waals surface area contributed by atoms with Gasteiger partial charge >= 0.3 is 0 Å². The molecule has 1 saturated heterocycles. The summed E-state index contributed by atoms with van der Waals surface area (Å²) in [5.74, 6) is 0.422. The Kier molecular flexibility index (Phi) is 5.16. The Labute approximate surface area is 121 Å². The lowest BCUT2D eigenvalue weighted by Gasteiger charge is -2.23. The zero-order valence-electron chi connectivity index (χ0n) is 12.5. The van der Waals surface area contributed by atoms with Crippen molar-refractivity contribution in [3.8, 4) is 0 Å². The average molecular weight is 277 g/mol. The molecule has 1 aromatic carbocycles. The first kappa shape index (κ1) is 15.0. The van der Waals surface area contributed by atoms with Crippen molar-refractivity contribution in [2.45, 2.75) is 46.0 Å². The molecule has 1 atom stereocenters. The van der Waals surface area contributed by atoms with Gasteiger partial charge in [0.2, 0.25) is 0 Å². The maximum atomic E-state index is 14.2. The molecule has 0 radical (unpaired) electrons. The van der Waals surface area contributed by atoms with E-state index in [1.54, 1.807) is 12.1 Å². The molecular weight excluding hydrogens is 253 g/mol. The lowest BCUT2D eigenvalue weighted by molar-refractivity contribution is 0.101. The largest absolute Gasteiger partial charge is 0.369 e. The van der Waals surface area contributed by atoms with E-state index in [9.17, 15) is 9.18 Å². The van der Waals surface area contributed by atoms with E-state index in [4.69, 9.17) is 0 Å². The fraction of sp³-hybridized carbons (Fsp3) is 0.588. The van der Waals surface area contributed by atoms with Crippen LogP contribution < -0.4 is 4.90 Å². The summed E-state index contributed by atoms with van der Waals surface area (Å²) in [7, 11) is 0. The van der Waals surface area contributed by atoms with Crippen LogP contribution in [0.2, 0.25) is 0 Å². The van der Waals surface area contributed by atoms with E-state index in [0.29, 0.717) is 11.3 Å². The average Bonchev–Trinajstić information content (AvgIpc) is 2.65. The van der Waals surface area contributed by atoms with Gasteiger partial charge in [-0.2, -0.15) is 0 Å². The predicted molar refractivity (Wildman–Crippen MR) is 80.9 cm³/mol. The Morgan fingerprint density at radius 1 is 1.35 bits per heavy atom.